The molecule has 0 aromatic carbocycles. The Kier molecular flexibility index (Phi) is 5.71. The molecule has 0 bridgehead atoms. The summed E-state index contributed by atoms with van der Waals surface area (Å²) in [6, 6.07) is 0. The van der Waals surface area contributed by atoms with E-state index in [1.165, 1.54) is 0 Å². The van der Waals surface area contributed by atoms with Crippen molar-refractivity contribution in [2.75, 3.05) is 0 Å². The second-order valence-corrected chi connectivity index (χ2v) is 2.64. The molecule has 0 aliphatic carbocycles. The summed E-state index contributed by atoms with van der Waals surface area (Å²) in [5, 5.41) is 0. The van der Waals surface area contributed by atoms with Crippen LogP contribution in [-0.4, -0.2) is 36.7 Å². The summed E-state index contributed by atoms with van der Waals surface area (Å²) in [6.45, 7) is 1.91. The minimum atomic E-state index is -1.67. The Hall–Kier alpha value is -1.96. The molecule has 0 aromatic rings. The van der Waals surface area contributed by atoms with Crippen LogP contribution in [0.15, 0.2) is 0 Å². The fourth-order valence-corrected chi connectivity index (χ4v) is 0.796. The number of hydrogen-bond donors (Lipinski definition) is 1. The van der Waals surface area contributed by atoms with Crippen molar-refractivity contribution >= 4 is 24.4 Å². The quantitative estimate of drug-likeness (QED) is 0.199. The summed E-state index contributed by atoms with van der Waals surface area (Å²) in [6.07, 6.45) is -3.21. The molecular formula is C8H11NO7. The maximum absolute atomic E-state index is 11.1. The largest absolute Gasteiger partial charge is 0.445 e. The average Bonchev–Trinajstić information content (AvgIpc) is 2.12. The molecule has 0 aliphatic rings. The third-order valence-corrected chi connectivity index (χ3v) is 1.29. The molecule has 2 N–H and O–H groups in total. The molecule has 0 fully saturated rings. The molecule has 0 saturated carbocycles. The highest BCUT2D eigenvalue weighted by molar-refractivity contribution is 5.83. The fourth-order valence-electron chi connectivity index (χ4n) is 0.796. The molecule has 0 radical (unpaired) electrons. The summed E-state index contributed by atoms with van der Waals surface area (Å²) in [5.74, 6) is -2.84. The van der Waals surface area contributed by atoms with Gasteiger partial charge in [0, 0.05) is 13.8 Å². The first-order valence-electron chi connectivity index (χ1n) is 4.12. The average molecular weight is 233 g/mol. The molecule has 0 unspecified atom stereocenters. The van der Waals surface area contributed by atoms with Gasteiger partial charge in [-0.25, -0.2) is 4.79 Å². The summed E-state index contributed by atoms with van der Waals surface area (Å²) < 4.78 is 12.8. The molecule has 8 nitrogen and oxygen atoms in total. The van der Waals surface area contributed by atoms with Gasteiger partial charge in [-0.3, -0.25) is 20.1 Å². The molecule has 0 amide bonds. The van der Waals surface area contributed by atoms with Gasteiger partial charge in [-0.05, 0) is 0 Å². The molecule has 2 atom stereocenters. The topological polar surface area (TPSA) is 122 Å². The van der Waals surface area contributed by atoms with Crippen molar-refractivity contribution in [3.8, 4) is 0 Å². The monoisotopic (exact) mass is 233 g/mol. The van der Waals surface area contributed by atoms with Crippen LogP contribution in [0, 0.1) is 0 Å². The standard InChI is InChI=1S/C8H11NO7/c1-4(11)15-6(8(13)14-3-10)7(9)16-5(2)12/h3,6-7H,9H2,1-2H3/t6-,7-/m1/s1. The molecule has 0 heterocycles. The van der Waals surface area contributed by atoms with E-state index in [9.17, 15) is 19.2 Å². The molecule has 90 valence electrons. The van der Waals surface area contributed by atoms with Crippen molar-refractivity contribution in [3.05, 3.63) is 0 Å². The van der Waals surface area contributed by atoms with Gasteiger partial charge in [-0.15, -0.1) is 0 Å². The SMILES string of the molecule is CC(=O)O[C@@H](N)[C@@H](OC(C)=O)C(=O)OC=O. The lowest BCUT2D eigenvalue weighted by Gasteiger charge is -2.19. The molecule has 0 saturated heterocycles. The van der Waals surface area contributed by atoms with Crippen molar-refractivity contribution < 1.29 is 33.4 Å². The predicted octanol–water partition coefficient (Wildman–Crippen LogP) is -1.53. The van der Waals surface area contributed by atoms with Gasteiger partial charge in [0.05, 0.1) is 0 Å². The Balaban J connectivity index is 4.63. The Morgan fingerprint density at radius 3 is 2.00 bits per heavy atom. The van der Waals surface area contributed by atoms with Crippen LogP contribution in [0.2, 0.25) is 0 Å². The molecular weight excluding hydrogens is 222 g/mol. The van der Waals surface area contributed by atoms with Crippen molar-refractivity contribution in [1.82, 2.24) is 0 Å². The first kappa shape index (κ1) is 14.0. The summed E-state index contributed by atoms with van der Waals surface area (Å²) in [4.78, 5) is 42.2. The minimum absolute atomic E-state index is 0.153. The predicted molar refractivity (Wildman–Crippen MR) is 47.5 cm³/mol. The summed E-state index contributed by atoms with van der Waals surface area (Å²) >= 11 is 0. The van der Waals surface area contributed by atoms with Gasteiger partial charge >= 0.3 is 24.4 Å². The van der Waals surface area contributed by atoms with Gasteiger partial charge in [0.1, 0.15) is 0 Å². The number of ether oxygens (including phenoxy) is 3. The zero-order valence-corrected chi connectivity index (χ0v) is 8.67. The maximum atomic E-state index is 11.1. The highest BCUT2D eigenvalue weighted by Gasteiger charge is 2.32. The number of nitrogens with two attached hydrogens (primary N) is 1. The van der Waals surface area contributed by atoms with Gasteiger partial charge in [0.15, 0.2) is 6.23 Å². The molecule has 16 heavy (non-hydrogen) atoms. The first-order chi connectivity index (χ1) is 7.38. The van der Waals surface area contributed by atoms with E-state index in [0.29, 0.717) is 0 Å². The maximum Gasteiger partial charge on any atom is 0.360 e. The van der Waals surface area contributed by atoms with Crippen LogP contribution in [-0.2, 0) is 33.4 Å². The third-order valence-electron chi connectivity index (χ3n) is 1.29. The lowest BCUT2D eigenvalue weighted by atomic mass is 10.3. The number of carbonyl (C=O) groups excluding carboxylic acids is 4. The van der Waals surface area contributed by atoms with Crippen LogP contribution in [0.4, 0.5) is 0 Å². The van der Waals surface area contributed by atoms with Crippen molar-refractivity contribution in [3.63, 3.8) is 0 Å². The van der Waals surface area contributed by atoms with Crippen LogP contribution in [0.25, 0.3) is 0 Å². The van der Waals surface area contributed by atoms with E-state index >= 15 is 0 Å². The van der Waals surface area contributed by atoms with Gasteiger partial charge in [0.25, 0.3) is 0 Å². The number of esters is 3. The molecule has 0 spiro atoms. The summed E-state index contributed by atoms with van der Waals surface area (Å²) in [7, 11) is 0. The van der Waals surface area contributed by atoms with E-state index in [1.54, 1.807) is 0 Å². The van der Waals surface area contributed by atoms with E-state index in [-0.39, 0.29) is 6.47 Å². The Morgan fingerprint density at radius 2 is 1.62 bits per heavy atom. The molecule has 8 heteroatoms. The van der Waals surface area contributed by atoms with Crippen LogP contribution in [0.5, 0.6) is 0 Å². The van der Waals surface area contributed by atoms with Gasteiger partial charge in [-0.2, -0.15) is 0 Å². The van der Waals surface area contributed by atoms with Crippen molar-refractivity contribution in [2.24, 2.45) is 5.73 Å². The number of rotatable bonds is 5. The Morgan fingerprint density at radius 1 is 1.12 bits per heavy atom. The minimum Gasteiger partial charge on any atom is -0.445 e. The van der Waals surface area contributed by atoms with E-state index in [0.717, 1.165) is 13.8 Å². The van der Waals surface area contributed by atoms with E-state index in [1.807, 2.05) is 0 Å². The van der Waals surface area contributed by atoms with Crippen molar-refractivity contribution in [1.29, 1.82) is 0 Å². The van der Waals surface area contributed by atoms with Crippen LogP contribution in [0.3, 0.4) is 0 Å². The van der Waals surface area contributed by atoms with Crippen LogP contribution >= 0.6 is 0 Å². The normalized spacial score (nSPS) is 13.2. The summed E-state index contributed by atoms with van der Waals surface area (Å²) in [5.41, 5.74) is 5.26. The van der Waals surface area contributed by atoms with E-state index < -0.39 is 30.2 Å². The number of carbonyl (C=O) groups is 4. The molecule has 0 rings (SSSR count). The zero-order chi connectivity index (χ0) is 12.7. The van der Waals surface area contributed by atoms with E-state index in [2.05, 4.69) is 14.2 Å². The Bertz CT molecular complexity index is 301. The van der Waals surface area contributed by atoms with Gasteiger partial charge in [-0.1, -0.05) is 0 Å². The molecule has 0 aliphatic heterocycles. The second-order valence-electron chi connectivity index (χ2n) is 2.64. The van der Waals surface area contributed by atoms with Gasteiger partial charge < -0.3 is 14.2 Å². The van der Waals surface area contributed by atoms with Gasteiger partial charge in [0.2, 0.25) is 6.10 Å². The Labute approximate surface area is 90.6 Å². The van der Waals surface area contributed by atoms with E-state index in [4.69, 9.17) is 5.73 Å². The van der Waals surface area contributed by atoms with Crippen LogP contribution in [0.1, 0.15) is 13.8 Å². The van der Waals surface area contributed by atoms with Crippen LogP contribution < -0.4 is 5.73 Å². The highest BCUT2D eigenvalue weighted by atomic mass is 16.6. The lowest BCUT2D eigenvalue weighted by Crippen LogP contribution is -2.46. The molecule has 0 aromatic heterocycles. The lowest BCUT2D eigenvalue weighted by molar-refractivity contribution is -0.180. The number of hydrogen-bond acceptors (Lipinski definition) is 8. The first-order valence-corrected chi connectivity index (χ1v) is 4.12. The fraction of sp³-hybridized carbons (Fsp3) is 0.500. The highest BCUT2D eigenvalue weighted by Crippen LogP contribution is 2.03. The zero-order valence-electron chi connectivity index (χ0n) is 8.67. The smallest absolute Gasteiger partial charge is 0.360 e. The van der Waals surface area contributed by atoms with Crippen molar-refractivity contribution in [2.45, 2.75) is 26.2 Å². The second kappa shape index (κ2) is 6.51. The third kappa shape index (κ3) is 5.05.